The summed E-state index contributed by atoms with van der Waals surface area (Å²) in [5.74, 6) is -0.369. The van der Waals surface area contributed by atoms with Gasteiger partial charge in [0.1, 0.15) is 0 Å². The minimum absolute atomic E-state index is 0.0538. The van der Waals surface area contributed by atoms with Crippen molar-refractivity contribution in [2.75, 3.05) is 0 Å². The van der Waals surface area contributed by atoms with Crippen LogP contribution in [0.5, 0.6) is 0 Å². The summed E-state index contributed by atoms with van der Waals surface area (Å²) in [5.41, 5.74) is 2.00. The van der Waals surface area contributed by atoms with Gasteiger partial charge < -0.3 is 10.6 Å². The Morgan fingerprint density at radius 1 is 0.783 bits per heavy atom. The topological polar surface area (TPSA) is 58.2 Å². The summed E-state index contributed by atoms with van der Waals surface area (Å²) in [6.45, 7) is 5.73. The van der Waals surface area contributed by atoms with E-state index in [1.54, 1.807) is 24.3 Å². The number of hydrogen-bond acceptors (Lipinski definition) is 2. The Morgan fingerprint density at radius 2 is 1.35 bits per heavy atom. The van der Waals surface area contributed by atoms with Crippen LogP contribution in [-0.4, -0.2) is 17.9 Å². The fraction of sp³-hybridized carbons (Fsp3) is 0.263. The molecule has 0 aliphatic heterocycles. The first kappa shape index (κ1) is 16.7. The predicted octanol–water partition coefficient (Wildman–Crippen LogP) is 3.32. The predicted molar refractivity (Wildman–Crippen MR) is 91.4 cm³/mol. The number of rotatable bonds is 5. The third-order valence-electron chi connectivity index (χ3n) is 3.45. The van der Waals surface area contributed by atoms with Gasteiger partial charge in [0.2, 0.25) is 0 Å². The van der Waals surface area contributed by atoms with Crippen LogP contribution < -0.4 is 10.6 Å². The van der Waals surface area contributed by atoms with Gasteiger partial charge in [-0.1, -0.05) is 36.4 Å². The third kappa shape index (κ3) is 4.68. The quantitative estimate of drug-likeness (QED) is 0.890. The fourth-order valence-electron chi connectivity index (χ4n) is 2.25. The fourth-order valence-corrected chi connectivity index (χ4v) is 2.25. The molecule has 1 unspecified atom stereocenters. The normalized spacial score (nSPS) is 11.8. The number of benzene rings is 2. The lowest BCUT2D eigenvalue weighted by molar-refractivity contribution is 0.0939. The van der Waals surface area contributed by atoms with Crippen LogP contribution in [0.1, 0.15) is 53.1 Å². The maximum atomic E-state index is 12.4. The van der Waals surface area contributed by atoms with Crippen LogP contribution in [0.4, 0.5) is 0 Å². The molecule has 23 heavy (non-hydrogen) atoms. The van der Waals surface area contributed by atoms with Gasteiger partial charge >= 0.3 is 0 Å². The molecule has 2 rings (SSSR count). The van der Waals surface area contributed by atoms with Crippen molar-refractivity contribution in [1.29, 1.82) is 0 Å². The van der Waals surface area contributed by atoms with Crippen LogP contribution in [0.3, 0.4) is 0 Å². The highest BCUT2D eigenvalue weighted by atomic mass is 16.2. The molecule has 1 atom stereocenters. The van der Waals surface area contributed by atoms with Crippen molar-refractivity contribution in [2.24, 2.45) is 0 Å². The Kier molecular flexibility index (Phi) is 5.52. The first-order chi connectivity index (χ1) is 11.0. The molecule has 2 N–H and O–H groups in total. The van der Waals surface area contributed by atoms with Gasteiger partial charge in [0.15, 0.2) is 0 Å². The summed E-state index contributed by atoms with van der Waals surface area (Å²) in [5, 5.41) is 5.77. The second-order valence-electron chi connectivity index (χ2n) is 5.81. The molecule has 0 saturated heterocycles. The van der Waals surface area contributed by atoms with Crippen molar-refractivity contribution in [3.8, 4) is 0 Å². The lowest BCUT2D eigenvalue weighted by Crippen LogP contribution is -2.31. The molecule has 2 aromatic carbocycles. The van der Waals surface area contributed by atoms with E-state index in [9.17, 15) is 9.59 Å². The van der Waals surface area contributed by atoms with Crippen molar-refractivity contribution in [2.45, 2.75) is 32.9 Å². The Bertz CT molecular complexity index is 681. The maximum Gasteiger partial charge on any atom is 0.251 e. The molecular weight excluding hydrogens is 288 g/mol. The van der Waals surface area contributed by atoms with Crippen LogP contribution in [0.25, 0.3) is 0 Å². The van der Waals surface area contributed by atoms with Gasteiger partial charge in [0.05, 0.1) is 6.04 Å². The van der Waals surface area contributed by atoms with Crippen molar-refractivity contribution >= 4 is 11.8 Å². The molecule has 0 aliphatic rings. The van der Waals surface area contributed by atoms with Gasteiger partial charge in [-0.3, -0.25) is 9.59 Å². The van der Waals surface area contributed by atoms with E-state index in [0.29, 0.717) is 11.1 Å². The molecule has 120 valence electrons. The monoisotopic (exact) mass is 310 g/mol. The largest absolute Gasteiger partial charge is 0.350 e. The maximum absolute atomic E-state index is 12.4. The van der Waals surface area contributed by atoms with E-state index in [-0.39, 0.29) is 23.9 Å². The highest BCUT2D eigenvalue weighted by Gasteiger charge is 2.13. The first-order valence-corrected chi connectivity index (χ1v) is 7.74. The standard InChI is InChI=1S/C19H22N2O2/c1-13(2)20-18(22)16-10-7-11-17(12-16)19(23)21-14(3)15-8-5-4-6-9-15/h4-14H,1-3H3,(H,20,22)(H,21,23). The third-order valence-corrected chi connectivity index (χ3v) is 3.45. The van der Waals surface area contributed by atoms with E-state index in [2.05, 4.69) is 10.6 Å². The molecule has 0 heterocycles. The molecule has 0 saturated carbocycles. The van der Waals surface area contributed by atoms with Crippen molar-refractivity contribution < 1.29 is 9.59 Å². The van der Waals surface area contributed by atoms with Crippen LogP contribution in [0.15, 0.2) is 54.6 Å². The molecule has 4 heteroatoms. The van der Waals surface area contributed by atoms with E-state index in [4.69, 9.17) is 0 Å². The molecule has 0 aliphatic carbocycles. The number of amides is 2. The molecule has 2 amide bonds. The Hall–Kier alpha value is -2.62. The van der Waals surface area contributed by atoms with Gasteiger partial charge in [-0.25, -0.2) is 0 Å². The molecule has 4 nitrogen and oxygen atoms in total. The highest BCUT2D eigenvalue weighted by Crippen LogP contribution is 2.13. The van der Waals surface area contributed by atoms with Crippen LogP contribution in [0, 0.1) is 0 Å². The summed E-state index contributed by atoms with van der Waals surface area (Å²) < 4.78 is 0. The Labute approximate surface area is 136 Å². The minimum Gasteiger partial charge on any atom is -0.350 e. The zero-order chi connectivity index (χ0) is 16.8. The zero-order valence-corrected chi connectivity index (χ0v) is 13.7. The summed E-state index contributed by atoms with van der Waals surface area (Å²) in [7, 11) is 0. The highest BCUT2D eigenvalue weighted by molar-refractivity contribution is 5.99. The smallest absolute Gasteiger partial charge is 0.251 e. The average Bonchev–Trinajstić information content (AvgIpc) is 2.55. The van der Waals surface area contributed by atoms with E-state index in [1.807, 2.05) is 51.1 Å². The van der Waals surface area contributed by atoms with Gasteiger partial charge in [-0.2, -0.15) is 0 Å². The van der Waals surface area contributed by atoms with Crippen LogP contribution in [-0.2, 0) is 0 Å². The van der Waals surface area contributed by atoms with E-state index < -0.39 is 0 Å². The number of hydrogen-bond donors (Lipinski definition) is 2. The van der Waals surface area contributed by atoms with E-state index in [1.165, 1.54) is 0 Å². The molecular formula is C19H22N2O2. The number of nitrogens with one attached hydrogen (secondary N) is 2. The lowest BCUT2D eigenvalue weighted by atomic mass is 10.1. The van der Waals surface area contributed by atoms with Gasteiger partial charge in [-0.15, -0.1) is 0 Å². The van der Waals surface area contributed by atoms with Crippen LogP contribution in [0.2, 0.25) is 0 Å². The van der Waals surface area contributed by atoms with Crippen molar-refractivity contribution in [3.63, 3.8) is 0 Å². The van der Waals surface area contributed by atoms with E-state index >= 15 is 0 Å². The SMILES string of the molecule is CC(C)NC(=O)c1cccc(C(=O)NC(C)c2ccccc2)c1. The second kappa shape index (κ2) is 7.58. The molecule has 0 fully saturated rings. The van der Waals surface area contributed by atoms with Crippen molar-refractivity contribution in [3.05, 3.63) is 71.3 Å². The summed E-state index contributed by atoms with van der Waals surface area (Å²) in [6, 6.07) is 16.5. The first-order valence-electron chi connectivity index (χ1n) is 7.74. The molecule has 0 bridgehead atoms. The minimum atomic E-state index is -0.194. The van der Waals surface area contributed by atoms with Crippen molar-refractivity contribution in [1.82, 2.24) is 10.6 Å². The lowest BCUT2D eigenvalue weighted by Gasteiger charge is -2.15. The van der Waals surface area contributed by atoms with Gasteiger partial charge in [0.25, 0.3) is 11.8 Å². The molecule has 0 aromatic heterocycles. The van der Waals surface area contributed by atoms with Crippen LogP contribution >= 0.6 is 0 Å². The average molecular weight is 310 g/mol. The Balaban J connectivity index is 2.09. The molecule has 2 aromatic rings. The molecule has 0 spiro atoms. The summed E-state index contributed by atoms with van der Waals surface area (Å²) in [4.78, 5) is 24.4. The Morgan fingerprint density at radius 3 is 1.91 bits per heavy atom. The van der Waals surface area contributed by atoms with Gasteiger partial charge in [-0.05, 0) is 44.5 Å². The van der Waals surface area contributed by atoms with E-state index in [0.717, 1.165) is 5.56 Å². The second-order valence-corrected chi connectivity index (χ2v) is 5.81. The number of carbonyl (C=O) groups excluding carboxylic acids is 2. The van der Waals surface area contributed by atoms with Gasteiger partial charge in [0, 0.05) is 17.2 Å². The summed E-state index contributed by atoms with van der Waals surface area (Å²) in [6.07, 6.45) is 0. The zero-order valence-electron chi connectivity index (χ0n) is 13.7. The summed E-state index contributed by atoms with van der Waals surface area (Å²) >= 11 is 0. The molecule has 0 radical (unpaired) electrons. The number of carbonyl (C=O) groups is 2.